The molecule has 0 rings (SSSR count). The fraction of sp³-hybridized carbons (Fsp3) is 0.765. The summed E-state index contributed by atoms with van der Waals surface area (Å²) in [6.07, 6.45) is -9.54. The van der Waals surface area contributed by atoms with Crippen LogP contribution in [0.15, 0.2) is 12.4 Å². The Morgan fingerprint density at radius 2 is 1.44 bits per heavy atom. The minimum absolute atomic E-state index is 0.517. The number of alkyl halides is 7. The van der Waals surface area contributed by atoms with Gasteiger partial charge in [0.2, 0.25) is 5.83 Å². The number of amides is 1. The van der Waals surface area contributed by atoms with Gasteiger partial charge in [0.15, 0.2) is 0 Å². The van der Waals surface area contributed by atoms with Gasteiger partial charge in [-0.1, -0.05) is 6.58 Å². The quantitative estimate of drug-likeness (QED) is 0.101. The number of halogens is 8. The molecule has 1 atom stereocenters. The molecule has 17 heteroatoms. The first-order chi connectivity index (χ1) is 15.0. The van der Waals surface area contributed by atoms with Crippen LogP contribution < -0.4 is 0 Å². The first-order valence-corrected chi connectivity index (χ1v) is 10.7. The summed E-state index contributed by atoms with van der Waals surface area (Å²) in [5, 5.41) is -6.00. The second kappa shape index (κ2) is 10.7. The first kappa shape index (κ1) is 32.0. The minimum Gasteiger partial charge on any atom is -0.410 e. The molecule has 1 N–H and O–H groups in total. The molecule has 0 heterocycles. The van der Waals surface area contributed by atoms with E-state index in [1.165, 1.54) is 27.7 Å². The maximum atomic E-state index is 14.0. The number of carbonyl (C=O) groups excluding carboxylic acids is 2. The molecule has 0 aromatic carbocycles. The molecule has 0 radical (unpaired) electrons. The maximum absolute atomic E-state index is 14.0. The highest BCUT2D eigenvalue weighted by Crippen LogP contribution is 2.42. The van der Waals surface area contributed by atoms with Gasteiger partial charge in [-0.05, 0) is 34.1 Å². The predicted octanol–water partition coefficient (Wildman–Crippen LogP) is 3.83. The average Bonchev–Trinajstić information content (AvgIpc) is 2.60. The highest BCUT2D eigenvalue weighted by Gasteiger charge is 2.68. The van der Waals surface area contributed by atoms with Gasteiger partial charge in [-0.3, -0.25) is 9.35 Å². The number of esters is 1. The van der Waals surface area contributed by atoms with Gasteiger partial charge < -0.3 is 14.4 Å². The van der Waals surface area contributed by atoms with E-state index in [4.69, 9.17) is 4.55 Å². The first-order valence-electron chi connectivity index (χ1n) is 9.30. The second-order valence-electron chi connectivity index (χ2n) is 7.46. The van der Waals surface area contributed by atoms with Gasteiger partial charge in [-0.25, -0.2) is 4.79 Å². The van der Waals surface area contributed by atoms with E-state index in [-0.39, 0.29) is 0 Å². The summed E-state index contributed by atoms with van der Waals surface area (Å²) in [5.74, 6) is -16.6. The van der Waals surface area contributed by atoms with Gasteiger partial charge >= 0.3 is 45.1 Å². The molecule has 0 saturated carbocycles. The number of hydrogen-bond donors (Lipinski definition) is 1. The Labute approximate surface area is 189 Å². The molecule has 0 aromatic rings. The average molecular weight is 537 g/mol. The smallest absolute Gasteiger partial charge is 0.410 e. The van der Waals surface area contributed by atoms with Crippen molar-refractivity contribution in [1.82, 2.24) is 4.90 Å². The van der Waals surface area contributed by atoms with E-state index >= 15 is 0 Å². The Morgan fingerprint density at radius 3 is 1.76 bits per heavy atom. The zero-order valence-electron chi connectivity index (χ0n) is 18.3. The third kappa shape index (κ3) is 6.78. The molecule has 0 fully saturated rings. The fourth-order valence-corrected chi connectivity index (χ4v) is 3.14. The lowest BCUT2D eigenvalue weighted by Gasteiger charge is -2.40. The van der Waals surface area contributed by atoms with Crippen molar-refractivity contribution in [3.05, 3.63) is 12.4 Å². The minimum atomic E-state index is -6.60. The topological polar surface area (TPSA) is 110 Å². The van der Waals surface area contributed by atoms with Crippen molar-refractivity contribution in [3.8, 4) is 0 Å². The molecule has 200 valence electrons. The van der Waals surface area contributed by atoms with Crippen LogP contribution in [-0.4, -0.2) is 71.6 Å². The Morgan fingerprint density at radius 1 is 1.00 bits per heavy atom. The number of rotatable bonds is 12. The van der Waals surface area contributed by atoms with Gasteiger partial charge in [-0.15, -0.1) is 0 Å². The molecule has 1 unspecified atom stereocenters. The van der Waals surface area contributed by atoms with Crippen LogP contribution in [0.1, 0.15) is 40.5 Å². The van der Waals surface area contributed by atoms with Crippen LogP contribution in [0.5, 0.6) is 0 Å². The Bertz CT molecular complexity index is 866. The summed E-state index contributed by atoms with van der Waals surface area (Å²) < 4.78 is 146. The number of hydrogen-bond acceptors (Lipinski definition) is 6. The standard InChI is InChI=1S/C17H23F8NO7S/c1-9(2)26(10(3)4)13(28)15(16(21,22)23,33-12(27)11(5)18)32-8-6-7-14(19,20)17(24,25)34(29,30)31/h9-10H,5-8H2,1-4H3,(H,29,30,31). The SMILES string of the molecule is C=C(F)C(=O)OC(OCCCC(F)(F)C(F)(F)S(=O)(=O)O)(C(=O)N(C(C)C)C(C)C)C(F)(F)F. The largest absolute Gasteiger partial charge is 0.466 e. The van der Waals surface area contributed by atoms with Gasteiger partial charge in [0.25, 0.3) is 0 Å². The normalized spacial score (nSPS) is 15.3. The molecule has 0 saturated heterocycles. The van der Waals surface area contributed by atoms with Crippen molar-refractivity contribution in [1.29, 1.82) is 0 Å². The van der Waals surface area contributed by atoms with Crippen LogP contribution in [0.3, 0.4) is 0 Å². The van der Waals surface area contributed by atoms with Crippen molar-refractivity contribution in [2.45, 2.75) is 75.8 Å². The zero-order valence-corrected chi connectivity index (χ0v) is 19.1. The van der Waals surface area contributed by atoms with Crippen molar-refractivity contribution in [3.63, 3.8) is 0 Å². The van der Waals surface area contributed by atoms with Crippen molar-refractivity contribution in [2.75, 3.05) is 6.61 Å². The van der Waals surface area contributed by atoms with Crippen LogP contribution in [0.4, 0.5) is 35.1 Å². The molecular weight excluding hydrogens is 514 g/mol. The molecule has 34 heavy (non-hydrogen) atoms. The highest BCUT2D eigenvalue weighted by atomic mass is 32.2. The van der Waals surface area contributed by atoms with E-state index in [1.807, 2.05) is 0 Å². The molecule has 0 aromatic heterocycles. The second-order valence-corrected chi connectivity index (χ2v) is 8.92. The van der Waals surface area contributed by atoms with E-state index < -0.39 is 82.5 Å². The van der Waals surface area contributed by atoms with Gasteiger partial charge in [0.1, 0.15) is 0 Å². The monoisotopic (exact) mass is 537 g/mol. The molecule has 0 aliphatic rings. The summed E-state index contributed by atoms with van der Waals surface area (Å²) in [5.41, 5.74) is 0. The molecular formula is C17H23F8NO7S. The van der Waals surface area contributed by atoms with Crippen LogP contribution in [-0.2, 0) is 29.2 Å². The Hall–Kier alpha value is -2.01. The predicted molar refractivity (Wildman–Crippen MR) is 98.9 cm³/mol. The number of carbonyl (C=O) groups is 2. The zero-order chi connectivity index (χ0) is 27.5. The van der Waals surface area contributed by atoms with Gasteiger partial charge in [-0.2, -0.15) is 43.5 Å². The van der Waals surface area contributed by atoms with Crippen LogP contribution in [0.2, 0.25) is 0 Å². The van der Waals surface area contributed by atoms with Crippen LogP contribution in [0.25, 0.3) is 0 Å². The lowest BCUT2D eigenvalue weighted by molar-refractivity contribution is -0.352. The Kier molecular flexibility index (Phi) is 10.1. The molecule has 0 aliphatic carbocycles. The summed E-state index contributed by atoms with van der Waals surface area (Å²) in [7, 11) is -6.60. The highest BCUT2D eigenvalue weighted by molar-refractivity contribution is 7.87. The summed E-state index contributed by atoms with van der Waals surface area (Å²) in [6.45, 7) is 5.82. The van der Waals surface area contributed by atoms with E-state index in [2.05, 4.69) is 16.1 Å². The van der Waals surface area contributed by atoms with Crippen molar-refractivity contribution in [2.24, 2.45) is 0 Å². The fourth-order valence-electron chi connectivity index (χ4n) is 2.66. The van der Waals surface area contributed by atoms with E-state index in [0.717, 1.165) is 0 Å². The van der Waals surface area contributed by atoms with E-state index in [0.29, 0.717) is 4.90 Å². The molecule has 0 bridgehead atoms. The summed E-state index contributed by atoms with van der Waals surface area (Å²) in [6, 6.07) is -1.97. The Balaban J connectivity index is 6.19. The molecule has 8 nitrogen and oxygen atoms in total. The van der Waals surface area contributed by atoms with Gasteiger partial charge in [0.05, 0.1) is 6.61 Å². The summed E-state index contributed by atoms with van der Waals surface area (Å²) in [4.78, 5) is 24.9. The number of ether oxygens (including phenoxy) is 2. The molecule has 1 amide bonds. The third-order valence-corrected chi connectivity index (χ3v) is 5.10. The number of nitrogens with zero attached hydrogens (tertiary/aromatic N) is 1. The molecule has 0 aliphatic heterocycles. The maximum Gasteiger partial charge on any atom is 0.466 e. The third-order valence-electron chi connectivity index (χ3n) is 4.15. The molecule has 0 spiro atoms. The van der Waals surface area contributed by atoms with E-state index in [1.54, 1.807) is 0 Å². The van der Waals surface area contributed by atoms with Gasteiger partial charge in [0, 0.05) is 18.5 Å². The van der Waals surface area contributed by atoms with Crippen molar-refractivity contribution < 1.29 is 67.2 Å². The van der Waals surface area contributed by atoms with Crippen LogP contribution >= 0.6 is 0 Å². The summed E-state index contributed by atoms with van der Waals surface area (Å²) >= 11 is 0. The van der Waals surface area contributed by atoms with E-state index in [9.17, 15) is 53.1 Å². The van der Waals surface area contributed by atoms with Crippen LogP contribution in [0, 0.1) is 0 Å². The lowest BCUT2D eigenvalue weighted by Crippen LogP contribution is -2.64. The van der Waals surface area contributed by atoms with Crippen molar-refractivity contribution >= 4 is 22.0 Å². The lowest BCUT2D eigenvalue weighted by atomic mass is 10.1.